The maximum atomic E-state index is 13.1. The zero-order valence-electron chi connectivity index (χ0n) is 16.7. The highest BCUT2D eigenvalue weighted by Gasteiger charge is 2.40. The molecule has 7 nitrogen and oxygen atoms in total. The van der Waals surface area contributed by atoms with Crippen molar-refractivity contribution < 1.29 is 27.6 Å². The van der Waals surface area contributed by atoms with Gasteiger partial charge in [0.1, 0.15) is 11.9 Å². The first-order chi connectivity index (χ1) is 14.5. The summed E-state index contributed by atoms with van der Waals surface area (Å²) in [5.41, 5.74) is 1.29. The van der Waals surface area contributed by atoms with Crippen LogP contribution in [-0.4, -0.2) is 53.6 Å². The summed E-state index contributed by atoms with van der Waals surface area (Å²) in [4.78, 5) is 39.8. The minimum Gasteiger partial charge on any atom is -0.347 e. The predicted molar refractivity (Wildman–Crippen MR) is 105 cm³/mol. The first-order valence-electron chi connectivity index (χ1n) is 9.18. The molecule has 2 aromatic rings. The van der Waals surface area contributed by atoms with Gasteiger partial charge in [-0.3, -0.25) is 19.8 Å². The fourth-order valence-electron chi connectivity index (χ4n) is 3.28. The Morgan fingerprint density at radius 1 is 1.13 bits per heavy atom. The molecule has 162 valence electrons. The third-order valence-electron chi connectivity index (χ3n) is 4.83. The molecule has 2 aromatic carbocycles. The van der Waals surface area contributed by atoms with Crippen LogP contribution < -0.4 is 5.32 Å². The number of alkyl halides is 3. The molecule has 0 spiro atoms. The second-order valence-corrected chi connectivity index (χ2v) is 7.18. The number of benzene rings is 2. The number of nitrogens with zero attached hydrogens (tertiary/aromatic N) is 2. The van der Waals surface area contributed by atoms with Gasteiger partial charge >= 0.3 is 12.1 Å². The number of carbonyl (C=O) groups excluding carboxylic acids is 3. The van der Waals surface area contributed by atoms with Gasteiger partial charge in [0.05, 0.1) is 0 Å². The lowest BCUT2D eigenvalue weighted by molar-refractivity contribution is -0.171. The maximum absolute atomic E-state index is 13.1. The largest absolute Gasteiger partial charge is 0.471 e. The van der Waals surface area contributed by atoms with E-state index in [2.05, 4.69) is 0 Å². The molecule has 0 aromatic heterocycles. The van der Waals surface area contributed by atoms with Gasteiger partial charge in [0.25, 0.3) is 5.91 Å². The predicted octanol–water partition coefficient (Wildman–Crippen LogP) is 2.48. The van der Waals surface area contributed by atoms with E-state index < -0.39 is 29.9 Å². The van der Waals surface area contributed by atoms with Crippen LogP contribution in [0.4, 0.5) is 13.2 Å². The number of nitrogens with one attached hydrogen (secondary N) is 2. The number of rotatable bonds is 4. The summed E-state index contributed by atoms with van der Waals surface area (Å²) in [7, 11) is 3.16. The molecule has 1 atom stereocenters. The molecule has 0 radical (unpaired) electrons. The van der Waals surface area contributed by atoms with Gasteiger partial charge in [0.2, 0.25) is 5.91 Å². The molecular weight excluding hydrogens is 413 g/mol. The Morgan fingerprint density at radius 3 is 2.35 bits per heavy atom. The van der Waals surface area contributed by atoms with E-state index >= 15 is 0 Å². The van der Waals surface area contributed by atoms with Gasteiger partial charge in [-0.05, 0) is 17.2 Å². The van der Waals surface area contributed by atoms with Crippen molar-refractivity contribution in [2.45, 2.75) is 18.8 Å². The van der Waals surface area contributed by atoms with Crippen LogP contribution >= 0.6 is 0 Å². The first-order valence-corrected chi connectivity index (χ1v) is 9.18. The third kappa shape index (κ3) is 4.42. The lowest BCUT2D eigenvalue weighted by Gasteiger charge is -2.29. The summed E-state index contributed by atoms with van der Waals surface area (Å²) in [6, 6.07) is 12.0. The molecule has 0 bridgehead atoms. The number of amides is 3. The van der Waals surface area contributed by atoms with Crippen molar-refractivity contribution in [3.63, 3.8) is 0 Å². The van der Waals surface area contributed by atoms with Gasteiger partial charge in [-0.2, -0.15) is 13.2 Å². The SMILES string of the molecule is CN(C)C(=O)C(c1ccccc1)N1Cc2ccc(C(=N)NC(=O)C(F)(F)F)cc2C1=O. The molecule has 3 amide bonds. The van der Waals surface area contributed by atoms with Crippen molar-refractivity contribution >= 4 is 23.6 Å². The van der Waals surface area contributed by atoms with Crippen molar-refractivity contribution in [1.82, 2.24) is 15.1 Å². The third-order valence-corrected chi connectivity index (χ3v) is 4.83. The molecule has 31 heavy (non-hydrogen) atoms. The highest BCUT2D eigenvalue weighted by Crippen LogP contribution is 2.33. The van der Waals surface area contributed by atoms with Crippen LogP contribution in [0.3, 0.4) is 0 Å². The minimum absolute atomic E-state index is 0.0539. The van der Waals surface area contributed by atoms with Crippen molar-refractivity contribution in [1.29, 1.82) is 5.41 Å². The Morgan fingerprint density at radius 2 is 1.77 bits per heavy atom. The molecule has 1 unspecified atom stereocenters. The fourth-order valence-corrected chi connectivity index (χ4v) is 3.28. The Kier molecular flexibility index (Phi) is 5.83. The van der Waals surface area contributed by atoms with Crippen LogP contribution in [-0.2, 0) is 16.1 Å². The number of likely N-dealkylation sites (N-methyl/N-ethyl adjacent to an activating group) is 1. The summed E-state index contributed by atoms with van der Waals surface area (Å²) < 4.78 is 37.3. The Bertz CT molecular complexity index is 1050. The van der Waals surface area contributed by atoms with Crippen LogP contribution in [0.25, 0.3) is 0 Å². The Labute approximate surface area is 176 Å². The average molecular weight is 432 g/mol. The van der Waals surface area contributed by atoms with E-state index in [0.717, 1.165) is 0 Å². The molecule has 0 saturated heterocycles. The quantitative estimate of drug-likeness (QED) is 0.574. The van der Waals surface area contributed by atoms with Gasteiger partial charge in [-0.15, -0.1) is 0 Å². The molecule has 2 N–H and O–H groups in total. The summed E-state index contributed by atoms with van der Waals surface area (Å²) in [5, 5.41) is 9.21. The summed E-state index contributed by atoms with van der Waals surface area (Å²) in [6.07, 6.45) is -5.13. The van der Waals surface area contributed by atoms with Gasteiger partial charge in [-0.1, -0.05) is 42.5 Å². The molecular formula is C21H19F3N4O3. The molecule has 0 saturated carbocycles. The van der Waals surface area contributed by atoms with Gasteiger partial charge < -0.3 is 15.1 Å². The zero-order chi connectivity index (χ0) is 22.9. The van der Waals surface area contributed by atoms with Crippen molar-refractivity contribution in [2.24, 2.45) is 0 Å². The number of hydrogen-bond donors (Lipinski definition) is 2. The molecule has 3 rings (SSSR count). The Balaban J connectivity index is 1.91. The fraction of sp³-hybridized carbons (Fsp3) is 0.238. The average Bonchev–Trinajstić information content (AvgIpc) is 3.04. The standard InChI is InChI=1S/C21H19F3N4O3/c1-27(2)19(30)16(12-6-4-3-5-7-12)28-11-14-9-8-13(10-15(14)18(28)29)17(25)26-20(31)21(22,23)24/h3-10,16H,11H2,1-2H3,(H2,25,26,31). The summed E-state index contributed by atoms with van der Waals surface area (Å²) in [6.45, 7) is 0.121. The highest BCUT2D eigenvalue weighted by atomic mass is 19.4. The number of carbonyl (C=O) groups is 3. The molecule has 1 heterocycles. The molecule has 1 aliphatic heterocycles. The number of amidine groups is 1. The first kappa shape index (κ1) is 22.0. The van der Waals surface area contributed by atoms with Crippen LogP contribution in [0.1, 0.15) is 33.1 Å². The van der Waals surface area contributed by atoms with Gasteiger partial charge in [0, 0.05) is 31.8 Å². The second-order valence-electron chi connectivity index (χ2n) is 7.18. The smallest absolute Gasteiger partial charge is 0.347 e. The molecule has 0 aliphatic carbocycles. The van der Waals surface area contributed by atoms with E-state index in [0.29, 0.717) is 11.1 Å². The van der Waals surface area contributed by atoms with Crippen LogP contribution in [0.5, 0.6) is 0 Å². The minimum atomic E-state index is -5.13. The molecule has 0 fully saturated rings. The maximum Gasteiger partial charge on any atom is 0.471 e. The molecule has 1 aliphatic rings. The Hall–Kier alpha value is -3.69. The van der Waals surface area contributed by atoms with E-state index in [1.165, 1.54) is 33.3 Å². The van der Waals surface area contributed by atoms with E-state index in [1.54, 1.807) is 44.4 Å². The van der Waals surface area contributed by atoms with Crippen LogP contribution in [0, 0.1) is 5.41 Å². The van der Waals surface area contributed by atoms with E-state index in [-0.39, 0.29) is 23.6 Å². The number of fused-ring (bicyclic) bond motifs is 1. The summed E-state index contributed by atoms with van der Waals surface area (Å²) in [5.74, 6) is -3.85. The second kappa shape index (κ2) is 8.21. The highest BCUT2D eigenvalue weighted by molar-refractivity contribution is 6.09. The van der Waals surface area contributed by atoms with Crippen molar-refractivity contribution in [2.75, 3.05) is 14.1 Å². The zero-order valence-corrected chi connectivity index (χ0v) is 16.7. The van der Waals surface area contributed by atoms with Gasteiger partial charge in [0.15, 0.2) is 0 Å². The van der Waals surface area contributed by atoms with Gasteiger partial charge in [-0.25, -0.2) is 0 Å². The van der Waals surface area contributed by atoms with E-state index in [1.807, 2.05) is 0 Å². The monoisotopic (exact) mass is 432 g/mol. The molecule has 10 heteroatoms. The number of hydrogen-bond acceptors (Lipinski definition) is 4. The van der Waals surface area contributed by atoms with Crippen LogP contribution in [0.15, 0.2) is 48.5 Å². The number of halogens is 3. The normalized spacial score (nSPS) is 14.1. The van der Waals surface area contributed by atoms with E-state index in [4.69, 9.17) is 5.41 Å². The van der Waals surface area contributed by atoms with Crippen molar-refractivity contribution in [3.8, 4) is 0 Å². The topological polar surface area (TPSA) is 93.6 Å². The lowest BCUT2D eigenvalue weighted by atomic mass is 10.0. The van der Waals surface area contributed by atoms with E-state index in [9.17, 15) is 27.6 Å². The van der Waals surface area contributed by atoms with Crippen LogP contribution in [0.2, 0.25) is 0 Å². The lowest BCUT2D eigenvalue weighted by Crippen LogP contribution is -2.40. The summed E-state index contributed by atoms with van der Waals surface area (Å²) >= 11 is 0. The van der Waals surface area contributed by atoms with Crippen molar-refractivity contribution in [3.05, 3.63) is 70.8 Å².